The molecule has 6 nitrogen and oxygen atoms in total. The third-order valence-corrected chi connectivity index (χ3v) is 3.50. The highest BCUT2D eigenvalue weighted by Crippen LogP contribution is 2.24. The summed E-state index contributed by atoms with van der Waals surface area (Å²) >= 11 is 0. The van der Waals surface area contributed by atoms with Gasteiger partial charge in [-0.1, -0.05) is 18.1 Å². The number of pyridine rings is 1. The van der Waals surface area contributed by atoms with E-state index in [1.165, 1.54) is 5.57 Å². The van der Waals surface area contributed by atoms with Crippen molar-refractivity contribution in [2.24, 2.45) is 0 Å². The first kappa shape index (κ1) is 18.6. The lowest BCUT2D eigenvalue weighted by molar-refractivity contribution is -0.496. The molecule has 2 heterocycles. The van der Waals surface area contributed by atoms with Gasteiger partial charge in [0.1, 0.15) is 0 Å². The largest absolute Gasteiger partial charge is 0.630 e. The van der Waals surface area contributed by atoms with Crippen molar-refractivity contribution >= 4 is 17.3 Å². The topological polar surface area (TPSA) is 104 Å². The van der Waals surface area contributed by atoms with Gasteiger partial charge < -0.3 is 21.1 Å². The SMILES string of the molecule is C=C(C)C(=O)C#CC=C1CCN(c2ncccc2[NH2+][O-])CC1.O. The van der Waals surface area contributed by atoms with Gasteiger partial charge in [0.15, 0.2) is 11.5 Å². The molecule has 0 spiro atoms. The van der Waals surface area contributed by atoms with Crippen LogP contribution in [-0.4, -0.2) is 29.3 Å². The molecular formula is C17H21N3O3. The summed E-state index contributed by atoms with van der Waals surface area (Å²) in [6, 6.07) is 3.53. The van der Waals surface area contributed by atoms with Crippen molar-refractivity contribution < 1.29 is 15.8 Å². The highest BCUT2D eigenvalue weighted by Gasteiger charge is 2.18. The van der Waals surface area contributed by atoms with Crippen molar-refractivity contribution in [3.8, 4) is 11.8 Å². The van der Waals surface area contributed by atoms with Crippen molar-refractivity contribution in [2.45, 2.75) is 19.8 Å². The minimum atomic E-state index is -0.224. The second kappa shape index (κ2) is 8.86. The Balaban J connectivity index is 0.00000264. The smallest absolute Gasteiger partial charge is 0.231 e. The van der Waals surface area contributed by atoms with Crippen LogP contribution in [0.15, 0.2) is 42.1 Å². The number of ketones is 1. The normalized spacial score (nSPS) is 13.5. The predicted molar refractivity (Wildman–Crippen MR) is 89.9 cm³/mol. The molecule has 2 rings (SSSR count). The molecule has 1 aliphatic heterocycles. The van der Waals surface area contributed by atoms with Crippen LogP contribution in [0.4, 0.5) is 11.5 Å². The predicted octanol–water partition coefficient (Wildman–Crippen LogP) is 0.625. The average Bonchev–Trinajstić information content (AvgIpc) is 2.55. The van der Waals surface area contributed by atoms with Crippen LogP contribution in [-0.2, 0) is 4.79 Å². The van der Waals surface area contributed by atoms with E-state index >= 15 is 0 Å². The number of carbonyl (C=O) groups excluding carboxylic acids is 1. The standard InChI is InChI=1S/C17H19N3O2.H2O/c1-13(2)16(21)7-3-5-14-8-11-20(12-9-14)17-15(19-22)6-4-10-18-17;/h4-6,10H,1,8-9,11-12,19H2,2H3;1H2. The van der Waals surface area contributed by atoms with E-state index in [1.807, 2.05) is 6.08 Å². The lowest BCUT2D eigenvalue weighted by Crippen LogP contribution is -2.70. The van der Waals surface area contributed by atoms with Gasteiger partial charge in [0, 0.05) is 25.4 Å². The first-order chi connectivity index (χ1) is 10.6. The van der Waals surface area contributed by atoms with E-state index < -0.39 is 0 Å². The molecule has 23 heavy (non-hydrogen) atoms. The van der Waals surface area contributed by atoms with Crippen molar-refractivity contribution in [3.63, 3.8) is 0 Å². The number of allylic oxidation sites excluding steroid dienone is 2. The van der Waals surface area contributed by atoms with Crippen LogP contribution >= 0.6 is 0 Å². The Hall–Kier alpha value is -2.46. The number of nitrogens with zero attached hydrogens (tertiary/aromatic N) is 2. The van der Waals surface area contributed by atoms with E-state index in [4.69, 9.17) is 0 Å². The number of aromatic nitrogens is 1. The Labute approximate surface area is 135 Å². The highest BCUT2D eigenvalue weighted by molar-refractivity contribution is 6.07. The molecule has 1 aromatic heterocycles. The van der Waals surface area contributed by atoms with Crippen molar-refractivity contribution in [1.29, 1.82) is 0 Å². The van der Waals surface area contributed by atoms with E-state index in [1.54, 1.807) is 25.3 Å². The molecule has 1 aliphatic rings. The second-order valence-corrected chi connectivity index (χ2v) is 5.20. The maximum atomic E-state index is 11.3. The molecule has 1 fully saturated rings. The quantitative estimate of drug-likeness (QED) is 0.382. The van der Waals surface area contributed by atoms with Crippen LogP contribution in [0.5, 0.6) is 0 Å². The Bertz CT molecular complexity index is 661. The molecule has 0 amide bonds. The van der Waals surface area contributed by atoms with Gasteiger partial charge in [-0.25, -0.2) is 4.98 Å². The second-order valence-electron chi connectivity index (χ2n) is 5.20. The molecular weight excluding hydrogens is 294 g/mol. The summed E-state index contributed by atoms with van der Waals surface area (Å²) in [7, 11) is 0. The van der Waals surface area contributed by atoms with Crippen LogP contribution in [0, 0.1) is 17.0 Å². The molecule has 1 aromatic rings. The van der Waals surface area contributed by atoms with Gasteiger partial charge in [-0.2, -0.15) is 0 Å². The number of Topliss-reactive ketones (excluding diaryl/α,β-unsaturated/α-hetero) is 1. The van der Waals surface area contributed by atoms with Crippen LogP contribution in [0.1, 0.15) is 19.8 Å². The molecule has 0 atom stereocenters. The summed E-state index contributed by atoms with van der Waals surface area (Å²) in [5.74, 6) is 5.87. The van der Waals surface area contributed by atoms with Gasteiger partial charge in [0.25, 0.3) is 0 Å². The van der Waals surface area contributed by atoms with Gasteiger partial charge in [-0.15, -0.1) is 0 Å². The summed E-state index contributed by atoms with van der Waals surface area (Å²) in [5, 5.41) is 11.1. The molecule has 0 unspecified atom stereocenters. The highest BCUT2D eigenvalue weighted by atomic mass is 16.5. The number of rotatable bonds is 3. The summed E-state index contributed by atoms with van der Waals surface area (Å²) in [6.45, 7) is 6.80. The lowest BCUT2D eigenvalue weighted by Gasteiger charge is -2.29. The zero-order valence-electron chi connectivity index (χ0n) is 13.1. The fourth-order valence-electron chi connectivity index (χ4n) is 2.23. The lowest BCUT2D eigenvalue weighted by atomic mass is 10.0. The molecule has 1 saturated heterocycles. The first-order valence-corrected chi connectivity index (χ1v) is 7.16. The van der Waals surface area contributed by atoms with Gasteiger partial charge in [0.2, 0.25) is 5.78 Å². The van der Waals surface area contributed by atoms with Crippen molar-refractivity contribution in [2.75, 3.05) is 18.0 Å². The van der Waals surface area contributed by atoms with Gasteiger partial charge in [-0.3, -0.25) is 4.79 Å². The van der Waals surface area contributed by atoms with Crippen molar-refractivity contribution in [3.05, 3.63) is 47.3 Å². The molecule has 122 valence electrons. The molecule has 0 aliphatic carbocycles. The van der Waals surface area contributed by atoms with E-state index in [9.17, 15) is 10.0 Å². The zero-order valence-corrected chi connectivity index (χ0v) is 13.1. The third-order valence-electron chi connectivity index (χ3n) is 3.50. The van der Waals surface area contributed by atoms with E-state index in [-0.39, 0.29) is 11.3 Å². The Morgan fingerprint density at radius 2 is 2.17 bits per heavy atom. The van der Waals surface area contributed by atoms with Gasteiger partial charge >= 0.3 is 0 Å². The monoisotopic (exact) mass is 315 g/mol. The molecule has 0 bridgehead atoms. The first-order valence-electron chi connectivity index (χ1n) is 7.16. The third kappa shape index (κ3) is 5.04. The van der Waals surface area contributed by atoms with Crippen LogP contribution in [0.3, 0.4) is 0 Å². The maximum Gasteiger partial charge on any atom is 0.231 e. The minimum absolute atomic E-state index is 0. The fraction of sp³-hybridized carbons (Fsp3) is 0.294. The van der Waals surface area contributed by atoms with Crippen LogP contribution < -0.4 is 10.4 Å². The number of piperidine rings is 1. The maximum absolute atomic E-state index is 11.3. The number of hydrogen-bond acceptors (Lipinski definition) is 4. The van der Waals surface area contributed by atoms with Crippen molar-refractivity contribution in [1.82, 2.24) is 4.98 Å². The number of carbonyl (C=O) groups is 1. The van der Waals surface area contributed by atoms with E-state index in [0.29, 0.717) is 11.3 Å². The van der Waals surface area contributed by atoms with Gasteiger partial charge in [-0.05, 0) is 43.4 Å². The van der Waals surface area contributed by atoms with Crippen LogP contribution in [0.2, 0.25) is 0 Å². The summed E-state index contributed by atoms with van der Waals surface area (Å²) in [6.07, 6.45) is 5.22. The molecule has 0 radical (unpaired) electrons. The number of hydrogen-bond donors (Lipinski definition) is 1. The van der Waals surface area contributed by atoms with E-state index in [0.717, 1.165) is 37.2 Å². The number of anilines is 1. The Kier molecular flexibility index (Phi) is 7.16. The summed E-state index contributed by atoms with van der Waals surface area (Å²) < 4.78 is 0. The molecule has 0 saturated carbocycles. The Morgan fingerprint density at radius 3 is 2.78 bits per heavy atom. The molecule has 6 heteroatoms. The summed E-state index contributed by atoms with van der Waals surface area (Å²) in [4.78, 5) is 17.7. The zero-order chi connectivity index (χ0) is 15.9. The number of nitrogens with two attached hydrogens (primary N) is 1. The van der Waals surface area contributed by atoms with E-state index in [2.05, 4.69) is 28.3 Å². The average molecular weight is 315 g/mol. The summed E-state index contributed by atoms with van der Waals surface area (Å²) in [5.41, 5.74) is 3.11. The Morgan fingerprint density at radius 1 is 1.48 bits per heavy atom. The molecule has 4 N–H and O–H groups in total. The minimum Gasteiger partial charge on any atom is -0.630 e. The van der Waals surface area contributed by atoms with Crippen LogP contribution in [0.25, 0.3) is 0 Å². The fourth-order valence-corrected chi connectivity index (χ4v) is 2.23. The van der Waals surface area contributed by atoms with Gasteiger partial charge in [0.05, 0.1) is 0 Å². The number of quaternary nitrogens is 1. The molecule has 0 aromatic carbocycles.